The minimum absolute atomic E-state index is 0.0776. The van der Waals surface area contributed by atoms with Crippen LogP contribution in [0.15, 0.2) is 4.79 Å². The molecule has 11 nitrogen and oxygen atoms in total. The minimum Gasteiger partial charge on any atom is -0.394 e. The summed E-state index contributed by atoms with van der Waals surface area (Å²) in [5.74, 6) is 0.337. The third-order valence-corrected chi connectivity index (χ3v) is 4.71. The molecule has 0 aromatic carbocycles. The van der Waals surface area contributed by atoms with Gasteiger partial charge in [-0.15, -0.1) is 0 Å². The normalized spacial score (nSPS) is 29.8. The number of imidazole rings is 1. The Bertz CT molecular complexity index is 844. The third-order valence-electron chi connectivity index (χ3n) is 4.71. The smallest absolute Gasteiger partial charge is 0.280 e. The summed E-state index contributed by atoms with van der Waals surface area (Å²) in [5.41, 5.74) is 5.41. The number of rotatable bonds is 3. The molecule has 2 aliphatic heterocycles. The van der Waals surface area contributed by atoms with Crippen molar-refractivity contribution >= 4 is 23.1 Å². The highest BCUT2D eigenvalue weighted by molar-refractivity contribution is 5.75. The van der Waals surface area contributed by atoms with E-state index in [1.807, 2.05) is 4.90 Å². The van der Waals surface area contributed by atoms with Crippen LogP contribution in [0.3, 0.4) is 0 Å². The van der Waals surface area contributed by atoms with Gasteiger partial charge in [0.1, 0.15) is 18.3 Å². The predicted octanol–water partition coefficient (Wildman–Crippen LogP) is -2.09. The molecular weight excluding hydrogens is 332 g/mol. The molecule has 0 saturated carbocycles. The molecule has 2 fully saturated rings. The number of nitrogens with zero attached hydrogens (tertiary/aromatic N) is 4. The van der Waals surface area contributed by atoms with Gasteiger partial charge >= 0.3 is 0 Å². The Balaban J connectivity index is 1.91. The molecule has 0 radical (unpaired) electrons. The summed E-state index contributed by atoms with van der Waals surface area (Å²) in [6.45, 7) is 1.04. The lowest BCUT2D eigenvalue weighted by Crippen LogP contribution is -2.34. The summed E-state index contributed by atoms with van der Waals surface area (Å²) in [5, 5.41) is 29.8. The molecular formula is C14H20N6O5. The molecule has 2 aliphatic rings. The van der Waals surface area contributed by atoms with Gasteiger partial charge in [0.2, 0.25) is 11.9 Å². The van der Waals surface area contributed by atoms with Crippen molar-refractivity contribution in [2.45, 2.75) is 37.4 Å². The first-order valence-electron chi connectivity index (χ1n) is 8.16. The minimum atomic E-state index is -1.31. The largest absolute Gasteiger partial charge is 0.394 e. The van der Waals surface area contributed by atoms with E-state index in [1.165, 1.54) is 4.57 Å². The first kappa shape index (κ1) is 16.3. The van der Waals surface area contributed by atoms with Crippen LogP contribution in [0.5, 0.6) is 0 Å². The summed E-state index contributed by atoms with van der Waals surface area (Å²) in [4.78, 5) is 25.1. The van der Waals surface area contributed by atoms with Gasteiger partial charge < -0.3 is 30.7 Å². The second-order valence-corrected chi connectivity index (χ2v) is 6.33. The fraction of sp³-hybridized carbons (Fsp3) is 0.643. The average Bonchev–Trinajstić information content (AvgIpc) is 3.27. The Kier molecular flexibility index (Phi) is 3.87. The molecule has 0 unspecified atom stereocenters. The van der Waals surface area contributed by atoms with Crippen LogP contribution >= 0.6 is 0 Å². The van der Waals surface area contributed by atoms with Crippen molar-refractivity contribution in [1.29, 1.82) is 0 Å². The fourth-order valence-corrected chi connectivity index (χ4v) is 3.46. The van der Waals surface area contributed by atoms with Crippen molar-refractivity contribution in [1.82, 2.24) is 19.5 Å². The Morgan fingerprint density at radius 1 is 1.24 bits per heavy atom. The summed E-state index contributed by atoms with van der Waals surface area (Å²) in [6, 6.07) is 0. The molecule has 6 N–H and O–H groups in total. The number of H-pyrrole nitrogens is 1. The zero-order valence-corrected chi connectivity index (χ0v) is 13.4. The van der Waals surface area contributed by atoms with Crippen LogP contribution in [-0.4, -0.2) is 72.8 Å². The Hall–Kier alpha value is -2.21. The maximum atomic E-state index is 12.2. The standard InChI is InChI=1S/C14H20N6O5/c15-13-17-10-7(11(24)18-13)16-14(19-3-1-2-4-19)20(10)12-9(23)8(22)6(5-21)25-12/h6,8-9,12,21-23H,1-5H2,(H3,15,17,18,24)/t6-,8-,9-,12-/m0/s1. The van der Waals surface area contributed by atoms with Gasteiger partial charge in [-0.2, -0.15) is 4.98 Å². The fourth-order valence-electron chi connectivity index (χ4n) is 3.46. The topological polar surface area (TPSA) is 163 Å². The van der Waals surface area contributed by atoms with E-state index < -0.39 is 36.7 Å². The lowest BCUT2D eigenvalue weighted by molar-refractivity contribution is -0.0504. The number of anilines is 2. The Morgan fingerprint density at radius 2 is 1.96 bits per heavy atom. The van der Waals surface area contributed by atoms with Gasteiger partial charge in [-0.1, -0.05) is 0 Å². The Morgan fingerprint density at radius 3 is 2.60 bits per heavy atom. The van der Waals surface area contributed by atoms with E-state index in [-0.39, 0.29) is 17.1 Å². The second-order valence-electron chi connectivity index (χ2n) is 6.33. The van der Waals surface area contributed by atoms with Gasteiger partial charge in [-0.3, -0.25) is 14.3 Å². The zero-order valence-electron chi connectivity index (χ0n) is 13.4. The summed E-state index contributed by atoms with van der Waals surface area (Å²) >= 11 is 0. The molecule has 4 rings (SSSR count). The Labute approximate surface area is 141 Å². The van der Waals surface area contributed by atoms with E-state index in [4.69, 9.17) is 10.5 Å². The number of ether oxygens (including phenoxy) is 1. The molecule has 0 aliphatic carbocycles. The summed E-state index contributed by atoms with van der Waals surface area (Å²) in [7, 11) is 0. The molecule has 0 spiro atoms. The van der Waals surface area contributed by atoms with Crippen molar-refractivity contribution in [3.05, 3.63) is 10.4 Å². The highest BCUT2D eigenvalue weighted by atomic mass is 16.6. The van der Waals surface area contributed by atoms with E-state index in [0.717, 1.165) is 25.9 Å². The lowest BCUT2D eigenvalue weighted by atomic mass is 10.1. The molecule has 4 heterocycles. The second kappa shape index (κ2) is 5.95. The molecule has 11 heteroatoms. The number of fused-ring (bicyclic) bond motifs is 1. The SMILES string of the molecule is Nc1nc2c(nc(N3CCCC3)n2[C@H]2O[C@@H](CO)[C@H](O)[C@@H]2O)c(=O)[nH]1. The summed E-state index contributed by atoms with van der Waals surface area (Å²) in [6.07, 6.45) is -2.60. The number of nitrogens with two attached hydrogens (primary N) is 1. The van der Waals surface area contributed by atoms with E-state index in [1.54, 1.807) is 0 Å². The molecule has 136 valence electrons. The van der Waals surface area contributed by atoms with E-state index in [2.05, 4.69) is 15.0 Å². The van der Waals surface area contributed by atoms with Crippen LogP contribution in [0.1, 0.15) is 19.1 Å². The number of aliphatic hydroxyl groups excluding tert-OH is 3. The van der Waals surface area contributed by atoms with Gasteiger partial charge in [-0.25, -0.2) is 4.98 Å². The van der Waals surface area contributed by atoms with Crippen LogP contribution in [0.2, 0.25) is 0 Å². The van der Waals surface area contributed by atoms with Crippen molar-refractivity contribution < 1.29 is 20.1 Å². The van der Waals surface area contributed by atoms with Gasteiger partial charge in [0, 0.05) is 13.1 Å². The molecule has 0 bridgehead atoms. The van der Waals surface area contributed by atoms with Gasteiger partial charge in [0.15, 0.2) is 17.4 Å². The van der Waals surface area contributed by atoms with Gasteiger partial charge in [0.05, 0.1) is 6.61 Å². The number of hydrogen-bond acceptors (Lipinski definition) is 9. The highest BCUT2D eigenvalue weighted by Gasteiger charge is 2.45. The first-order chi connectivity index (χ1) is 12.0. The maximum Gasteiger partial charge on any atom is 0.280 e. The number of nitrogen functional groups attached to an aromatic ring is 1. The number of aliphatic hydroxyl groups is 3. The highest BCUT2D eigenvalue weighted by Crippen LogP contribution is 2.35. The first-order valence-corrected chi connectivity index (χ1v) is 8.16. The molecule has 4 atom stereocenters. The van der Waals surface area contributed by atoms with E-state index in [9.17, 15) is 20.1 Å². The monoisotopic (exact) mass is 352 g/mol. The van der Waals surface area contributed by atoms with Crippen LogP contribution < -0.4 is 16.2 Å². The molecule has 0 amide bonds. The van der Waals surface area contributed by atoms with Crippen molar-refractivity contribution in [3.8, 4) is 0 Å². The maximum absolute atomic E-state index is 12.2. The lowest BCUT2D eigenvalue weighted by Gasteiger charge is -2.23. The number of hydrogen-bond donors (Lipinski definition) is 5. The number of aromatic nitrogens is 4. The zero-order chi connectivity index (χ0) is 17.7. The molecule has 2 saturated heterocycles. The summed E-state index contributed by atoms with van der Waals surface area (Å²) < 4.78 is 7.10. The quantitative estimate of drug-likeness (QED) is 0.417. The molecule has 25 heavy (non-hydrogen) atoms. The van der Waals surface area contributed by atoms with Gasteiger partial charge in [0.25, 0.3) is 5.56 Å². The van der Waals surface area contributed by atoms with Crippen molar-refractivity contribution in [2.24, 2.45) is 0 Å². The van der Waals surface area contributed by atoms with Crippen LogP contribution in [0.4, 0.5) is 11.9 Å². The van der Waals surface area contributed by atoms with Crippen LogP contribution in [0.25, 0.3) is 11.2 Å². The predicted molar refractivity (Wildman–Crippen MR) is 87.0 cm³/mol. The number of nitrogens with one attached hydrogen (secondary N) is 1. The van der Waals surface area contributed by atoms with Crippen molar-refractivity contribution in [2.75, 3.05) is 30.3 Å². The van der Waals surface area contributed by atoms with E-state index >= 15 is 0 Å². The van der Waals surface area contributed by atoms with Crippen molar-refractivity contribution in [3.63, 3.8) is 0 Å². The average molecular weight is 352 g/mol. The molecule has 2 aromatic heterocycles. The third kappa shape index (κ3) is 2.47. The van der Waals surface area contributed by atoms with Crippen LogP contribution in [0, 0.1) is 0 Å². The molecule has 2 aromatic rings. The van der Waals surface area contributed by atoms with Crippen LogP contribution in [-0.2, 0) is 4.74 Å². The van der Waals surface area contributed by atoms with E-state index in [0.29, 0.717) is 5.95 Å². The van der Waals surface area contributed by atoms with Gasteiger partial charge in [-0.05, 0) is 12.8 Å². The number of aromatic amines is 1.